The topological polar surface area (TPSA) is 67.7 Å². The molecule has 2 aliphatic heterocycles. The molecule has 7 nitrogen and oxygen atoms in total. The van der Waals surface area contributed by atoms with Gasteiger partial charge in [-0.2, -0.15) is 5.10 Å². The molecule has 0 N–H and O–H groups in total. The lowest BCUT2D eigenvalue weighted by Crippen LogP contribution is -2.48. The van der Waals surface area contributed by atoms with E-state index in [-0.39, 0.29) is 40.6 Å². The van der Waals surface area contributed by atoms with Crippen molar-refractivity contribution in [2.45, 2.75) is 45.3 Å². The standard InChI is InChI=1S/C30H35FN4O3S/c1-19-9-10-23(20(2)15-19)35-29-26(28(32-35)30(3,4)5)27(21-7-6-8-22(31)16-21)39-18-25(37)34(29)17-24(36)33-11-13-38-14-12-33/h6-10,15-16,27H,11-14,17-18H2,1-5H3/t27-/m1/s1. The molecule has 0 radical (unpaired) electrons. The number of carbonyl (C=O) groups excluding carboxylic acids is 2. The first-order valence-corrected chi connectivity index (χ1v) is 14.3. The van der Waals surface area contributed by atoms with Crippen LogP contribution >= 0.6 is 11.8 Å². The fourth-order valence-corrected chi connectivity index (χ4v) is 6.45. The molecular weight excluding hydrogens is 515 g/mol. The molecule has 39 heavy (non-hydrogen) atoms. The number of halogens is 1. The minimum absolute atomic E-state index is 0.0948. The molecule has 0 aliphatic carbocycles. The van der Waals surface area contributed by atoms with Gasteiger partial charge in [-0.05, 0) is 43.2 Å². The van der Waals surface area contributed by atoms with Crippen molar-refractivity contribution in [3.8, 4) is 5.69 Å². The molecule has 0 unspecified atom stereocenters. The van der Waals surface area contributed by atoms with Crippen LogP contribution in [0.15, 0.2) is 42.5 Å². The molecule has 2 aromatic carbocycles. The lowest BCUT2D eigenvalue weighted by atomic mass is 9.87. The van der Waals surface area contributed by atoms with Gasteiger partial charge in [-0.1, -0.05) is 50.6 Å². The molecule has 5 rings (SSSR count). The van der Waals surface area contributed by atoms with Gasteiger partial charge >= 0.3 is 0 Å². The van der Waals surface area contributed by atoms with E-state index in [9.17, 15) is 14.0 Å². The summed E-state index contributed by atoms with van der Waals surface area (Å²) in [5.74, 6) is 0.106. The number of rotatable bonds is 4. The van der Waals surface area contributed by atoms with E-state index in [1.807, 2.05) is 36.7 Å². The van der Waals surface area contributed by atoms with Gasteiger partial charge in [0.15, 0.2) is 0 Å². The molecule has 3 heterocycles. The number of benzene rings is 2. The van der Waals surface area contributed by atoms with E-state index in [0.717, 1.165) is 33.6 Å². The molecule has 2 aliphatic rings. The van der Waals surface area contributed by atoms with Gasteiger partial charge in [0.1, 0.15) is 18.2 Å². The van der Waals surface area contributed by atoms with Crippen LogP contribution in [0, 0.1) is 19.7 Å². The predicted octanol–water partition coefficient (Wildman–Crippen LogP) is 4.95. The monoisotopic (exact) mass is 550 g/mol. The van der Waals surface area contributed by atoms with Gasteiger partial charge < -0.3 is 9.64 Å². The summed E-state index contributed by atoms with van der Waals surface area (Å²) in [7, 11) is 0. The zero-order chi connectivity index (χ0) is 27.9. The van der Waals surface area contributed by atoms with Crippen LogP contribution in [0.4, 0.5) is 10.2 Å². The summed E-state index contributed by atoms with van der Waals surface area (Å²) in [6, 6.07) is 12.7. The molecule has 2 amide bonds. The summed E-state index contributed by atoms with van der Waals surface area (Å²) in [5.41, 5.74) is 5.01. The second kappa shape index (κ2) is 10.8. The van der Waals surface area contributed by atoms with Crippen LogP contribution in [0.5, 0.6) is 0 Å². The first kappa shape index (κ1) is 27.4. The number of amides is 2. The number of thioether (sulfide) groups is 1. The van der Waals surface area contributed by atoms with Crippen molar-refractivity contribution in [1.82, 2.24) is 14.7 Å². The summed E-state index contributed by atoms with van der Waals surface area (Å²) in [5, 5.41) is 4.80. The Bertz CT molecular complexity index is 1410. The Kier molecular flexibility index (Phi) is 7.57. The lowest BCUT2D eigenvalue weighted by molar-refractivity contribution is -0.134. The average molecular weight is 551 g/mol. The maximum Gasteiger partial charge on any atom is 0.242 e. The number of morpholine rings is 1. The average Bonchev–Trinajstić information content (AvgIpc) is 3.22. The van der Waals surface area contributed by atoms with Gasteiger partial charge in [-0.3, -0.25) is 14.5 Å². The van der Waals surface area contributed by atoms with Crippen molar-refractivity contribution in [2.75, 3.05) is 43.5 Å². The number of hydrogen-bond acceptors (Lipinski definition) is 5. The normalized spacial score (nSPS) is 18.2. The second-order valence-corrected chi connectivity index (χ2v) is 12.4. The Labute approximate surface area is 233 Å². The molecule has 1 saturated heterocycles. The Morgan fingerprint density at radius 1 is 1.13 bits per heavy atom. The molecule has 0 spiro atoms. The molecule has 0 saturated carbocycles. The molecule has 1 atom stereocenters. The van der Waals surface area contributed by atoms with Crippen molar-refractivity contribution in [3.05, 3.63) is 76.2 Å². The molecule has 3 aromatic rings. The number of fused-ring (bicyclic) bond motifs is 1. The van der Waals surface area contributed by atoms with E-state index in [1.165, 1.54) is 23.9 Å². The Morgan fingerprint density at radius 3 is 2.54 bits per heavy atom. The van der Waals surface area contributed by atoms with Crippen molar-refractivity contribution < 1.29 is 18.7 Å². The van der Waals surface area contributed by atoms with Gasteiger partial charge in [-0.25, -0.2) is 9.07 Å². The third-order valence-electron chi connectivity index (χ3n) is 7.19. The molecule has 1 fully saturated rings. The molecule has 9 heteroatoms. The zero-order valence-corrected chi connectivity index (χ0v) is 24.0. The highest BCUT2D eigenvalue weighted by atomic mass is 32.2. The predicted molar refractivity (Wildman–Crippen MR) is 152 cm³/mol. The highest BCUT2D eigenvalue weighted by Crippen LogP contribution is 2.48. The van der Waals surface area contributed by atoms with Crippen molar-refractivity contribution in [1.29, 1.82) is 0 Å². The SMILES string of the molecule is Cc1ccc(-n2nc(C(C)(C)C)c3c2N(CC(=O)N2CCOCC2)C(=O)CS[C@@H]3c2cccc(F)c2)c(C)c1. The molecule has 1 aromatic heterocycles. The third kappa shape index (κ3) is 5.47. The number of ether oxygens (including phenoxy) is 1. The van der Waals surface area contributed by atoms with Crippen molar-refractivity contribution >= 4 is 29.4 Å². The zero-order valence-electron chi connectivity index (χ0n) is 23.2. The third-order valence-corrected chi connectivity index (χ3v) is 8.44. The van der Waals surface area contributed by atoms with Gasteiger partial charge in [0.2, 0.25) is 11.8 Å². The van der Waals surface area contributed by atoms with Crippen LogP contribution in [-0.2, 0) is 19.7 Å². The van der Waals surface area contributed by atoms with E-state index in [1.54, 1.807) is 15.9 Å². The Morgan fingerprint density at radius 2 is 1.87 bits per heavy atom. The van der Waals surface area contributed by atoms with Crippen molar-refractivity contribution in [2.24, 2.45) is 0 Å². The van der Waals surface area contributed by atoms with Crippen LogP contribution in [0.3, 0.4) is 0 Å². The summed E-state index contributed by atoms with van der Waals surface area (Å²) in [6.07, 6.45) is 0. The van der Waals surface area contributed by atoms with Crippen LogP contribution in [-0.4, -0.2) is 65.1 Å². The molecule has 0 bridgehead atoms. The number of carbonyl (C=O) groups is 2. The van der Waals surface area contributed by atoms with E-state index >= 15 is 0 Å². The Hall–Kier alpha value is -3.17. The number of aromatic nitrogens is 2. The largest absolute Gasteiger partial charge is 0.378 e. The first-order valence-electron chi connectivity index (χ1n) is 13.3. The van der Waals surface area contributed by atoms with E-state index in [4.69, 9.17) is 9.84 Å². The summed E-state index contributed by atoms with van der Waals surface area (Å²) in [6.45, 7) is 12.2. The highest BCUT2D eigenvalue weighted by molar-refractivity contribution is 8.00. The van der Waals surface area contributed by atoms with E-state index < -0.39 is 0 Å². The fourth-order valence-electron chi connectivity index (χ4n) is 5.27. The van der Waals surface area contributed by atoms with Gasteiger partial charge in [0, 0.05) is 24.1 Å². The van der Waals surface area contributed by atoms with E-state index in [0.29, 0.717) is 32.1 Å². The maximum absolute atomic E-state index is 14.5. The van der Waals surface area contributed by atoms with Gasteiger partial charge in [0.25, 0.3) is 0 Å². The number of anilines is 1. The lowest BCUT2D eigenvalue weighted by Gasteiger charge is -2.30. The first-order chi connectivity index (χ1) is 18.5. The maximum atomic E-state index is 14.5. The minimum atomic E-state index is -0.382. The van der Waals surface area contributed by atoms with Crippen LogP contribution in [0.1, 0.15) is 54.0 Å². The smallest absolute Gasteiger partial charge is 0.242 e. The van der Waals surface area contributed by atoms with Crippen LogP contribution in [0.25, 0.3) is 5.69 Å². The Balaban J connectivity index is 1.75. The fraction of sp³-hybridized carbons (Fsp3) is 0.433. The highest BCUT2D eigenvalue weighted by Gasteiger charge is 2.40. The minimum Gasteiger partial charge on any atom is -0.378 e. The van der Waals surface area contributed by atoms with Crippen molar-refractivity contribution in [3.63, 3.8) is 0 Å². The number of hydrogen-bond donors (Lipinski definition) is 0. The number of aryl methyl sites for hydroxylation is 2. The summed E-state index contributed by atoms with van der Waals surface area (Å²) in [4.78, 5) is 30.6. The van der Waals surface area contributed by atoms with Gasteiger partial charge in [0.05, 0.1) is 35.6 Å². The summed E-state index contributed by atoms with van der Waals surface area (Å²) >= 11 is 1.45. The number of nitrogens with zero attached hydrogens (tertiary/aromatic N) is 4. The van der Waals surface area contributed by atoms with Crippen LogP contribution in [0.2, 0.25) is 0 Å². The summed E-state index contributed by atoms with van der Waals surface area (Å²) < 4.78 is 21.7. The van der Waals surface area contributed by atoms with Gasteiger partial charge in [-0.15, -0.1) is 11.8 Å². The van der Waals surface area contributed by atoms with Crippen LogP contribution < -0.4 is 4.90 Å². The molecule has 206 valence electrons. The van der Waals surface area contributed by atoms with E-state index in [2.05, 4.69) is 26.8 Å². The quantitative estimate of drug-likeness (QED) is 0.460. The second-order valence-electron chi connectivity index (χ2n) is 11.3. The molecular formula is C30H35FN4O3S.